The first-order chi connectivity index (χ1) is 46.8. The largest absolute Gasteiger partial charge is 0.393 e. The van der Waals surface area contributed by atoms with Crippen LogP contribution in [0.15, 0.2) is 18.6 Å². The minimum atomic E-state index is -5.53. The Morgan fingerprint density at radius 2 is 0.879 bits per heavy atom. The molecule has 0 amide bonds. The zero-order valence-electron chi connectivity index (χ0n) is 52.2. The molecule has 14 atom stereocenters. The highest BCUT2D eigenvalue weighted by atomic mass is 35.5. The number of ether oxygens (including phenoxy) is 7. The van der Waals surface area contributed by atoms with E-state index in [1.54, 1.807) is 0 Å². The summed E-state index contributed by atoms with van der Waals surface area (Å²) in [6.45, 7) is -4.23. The van der Waals surface area contributed by atoms with Crippen molar-refractivity contribution < 1.29 is 119 Å². The number of hydrogen-bond acceptors (Lipinski definition) is 27. The van der Waals surface area contributed by atoms with Crippen molar-refractivity contribution in [1.82, 2.24) is 59.2 Å². The topological polar surface area (TPSA) is 505 Å². The Morgan fingerprint density at radius 1 is 0.545 bits per heavy atom. The zero-order valence-corrected chi connectivity index (χ0v) is 57.1. The minimum absolute atomic E-state index is 0.0489. The van der Waals surface area contributed by atoms with Crippen LogP contribution in [0.4, 0.5) is 35.0 Å². The quantitative estimate of drug-likeness (QED) is 0.0245. The van der Waals surface area contributed by atoms with Gasteiger partial charge in [0.05, 0.1) is 74.4 Å². The van der Waals surface area contributed by atoms with Crippen LogP contribution in [0.2, 0.25) is 15.9 Å². The molecular weight excluding hydrogens is 1460 g/mol. The predicted octanol–water partition coefficient (Wildman–Crippen LogP) is 3.93. The van der Waals surface area contributed by atoms with Gasteiger partial charge in [0.2, 0.25) is 21.2 Å². The number of nitrogens with zero attached hydrogens (tertiary/aromatic N) is 12. The molecule has 3 saturated carbocycles. The lowest BCUT2D eigenvalue weighted by atomic mass is 10.1. The summed E-state index contributed by atoms with van der Waals surface area (Å²) in [4.78, 5) is 81.0. The Balaban J connectivity index is 0.000000150. The molecule has 550 valence electrons. The molecule has 0 radical (unpaired) electrons. The fourth-order valence-corrected chi connectivity index (χ4v) is 14.4. The molecule has 0 spiro atoms. The van der Waals surface area contributed by atoms with Crippen LogP contribution in [0.1, 0.15) is 103 Å². The van der Waals surface area contributed by atoms with Crippen LogP contribution in [0.3, 0.4) is 0 Å². The monoisotopic (exact) mass is 1530 g/mol. The van der Waals surface area contributed by atoms with Gasteiger partial charge in [-0.15, -0.1) is 0 Å². The molecule has 7 aliphatic rings. The van der Waals surface area contributed by atoms with Crippen LogP contribution in [0.5, 0.6) is 0 Å². The van der Waals surface area contributed by atoms with E-state index in [1.807, 2.05) is 0 Å². The van der Waals surface area contributed by atoms with Crippen molar-refractivity contribution in [3.8, 4) is 0 Å². The Kier molecular flexibility index (Phi) is 23.2. The van der Waals surface area contributed by atoms with E-state index in [9.17, 15) is 62.5 Å². The van der Waals surface area contributed by atoms with E-state index in [-0.39, 0.29) is 64.1 Å². The van der Waals surface area contributed by atoms with E-state index < -0.39 is 146 Å². The van der Waals surface area contributed by atoms with Gasteiger partial charge in [0.1, 0.15) is 60.7 Å². The van der Waals surface area contributed by atoms with E-state index in [0.717, 1.165) is 93.3 Å². The summed E-state index contributed by atoms with van der Waals surface area (Å²) >= 11 is 18.3. The van der Waals surface area contributed by atoms with Crippen LogP contribution in [-0.4, -0.2) is 250 Å². The number of halogens is 7. The fraction of sp³-hybridized carbons (Fsp3) is 0.717. The molecule has 13 rings (SSSR count). The normalized spacial score (nSPS) is 29.0. The number of aromatic nitrogens is 12. The lowest BCUT2D eigenvalue weighted by Gasteiger charge is -2.41. The number of rotatable bonds is 23. The van der Waals surface area contributed by atoms with E-state index >= 15 is 8.78 Å². The number of hydrogen-bond donors (Lipinski definition) is 14. The van der Waals surface area contributed by atoms with Crippen molar-refractivity contribution in [2.45, 2.75) is 192 Å². The van der Waals surface area contributed by atoms with Gasteiger partial charge in [-0.1, -0.05) is 38.5 Å². The third-order valence-electron chi connectivity index (χ3n) is 18.2. The molecule has 36 nitrogen and oxygen atoms in total. The van der Waals surface area contributed by atoms with Crippen LogP contribution >= 0.6 is 57.6 Å². The van der Waals surface area contributed by atoms with E-state index in [1.165, 1.54) is 23.3 Å². The molecule has 0 bridgehead atoms. The summed E-state index contributed by atoms with van der Waals surface area (Å²) < 4.78 is 134. The molecule has 46 heteroatoms. The maximum absolute atomic E-state index is 15.0. The molecule has 4 saturated heterocycles. The van der Waals surface area contributed by atoms with Crippen molar-refractivity contribution in [3.63, 3.8) is 0 Å². The first-order valence-electron chi connectivity index (χ1n) is 31.3. The van der Waals surface area contributed by atoms with Crippen molar-refractivity contribution in [2.75, 3.05) is 62.2 Å². The molecular formula is C53H73Cl3F4N15O21P3. The Bertz CT molecular complexity index is 3590. The zero-order chi connectivity index (χ0) is 71.3. The van der Waals surface area contributed by atoms with Crippen molar-refractivity contribution >= 4 is 108 Å². The van der Waals surface area contributed by atoms with Crippen molar-refractivity contribution in [2.24, 2.45) is 0 Å². The van der Waals surface area contributed by atoms with Crippen LogP contribution in [-0.2, 0) is 46.9 Å². The Labute approximate surface area is 573 Å². The van der Waals surface area contributed by atoms with Crippen LogP contribution in [0, 0.1) is 0 Å². The molecule has 2 unspecified atom stereocenters. The van der Waals surface area contributed by atoms with Crippen molar-refractivity contribution in [3.05, 3.63) is 34.4 Å². The maximum Gasteiger partial charge on any atom is 0.392 e. The minimum Gasteiger partial charge on any atom is -0.393 e. The molecule has 6 aromatic heterocycles. The molecule has 6 aromatic rings. The van der Waals surface area contributed by atoms with Gasteiger partial charge in [0.25, 0.3) is 0 Å². The smallest absolute Gasteiger partial charge is 0.392 e. The molecule has 7 fully saturated rings. The Morgan fingerprint density at radius 3 is 1.16 bits per heavy atom. The third kappa shape index (κ3) is 15.9. The average Bonchev–Trinajstić information content (AvgIpc) is 1.76. The fourth-order valence-electron chi connectivity index (χ4n) is 12.3. The summed E-state index contributed by atoms with van der Waals surface area (Å²) in [5, 5.41) is 68.8. The number of alkyl halides is 4. The summed E-state index contributed by atoms with van der Waals surface area (Å²) in [5.74, 6) is 1.38. The van der Waals surface area contributed by atoms with Gasteiger partial charge < -0.3 is 104 Å². The highest BCUT2D eigenvalue weighted by molar-refractivity contribution is 7.54. The molecule has 0 aromatic carbocycles. The first-order valence-corrected chi connectivity index (χ1v) is 37.3. The van der Waals surface area contributed by atoms with Crippen molar-refractivity contribution in [1.29, 1.82) is 0 Å². The SMILES string of the molecule is CC(CO)(OC[C@H]1O[C@@H](n2ncc3c(NC4CCCC4)nc(Cl)nc32)[C@@H](F)[C@@H]1O)P(=O)(O)O.O=P(O)(O)C(F)(CO)OC[C@H]1O[C@@H](n2ncc3c(NC4CCCC4)nc(Cl)nc32)[C@@H](F)[C@@H]1O.O=P(O)(O)C1(OC[C@H]2O[C@@H](n3ncc4c(NC5CCCC5)nc(Cl)nc43)[C@@H](F)[C@@H]2O)COC1. The third-order valence-corrected chi connectivity index (χ3v) is 22.8. The number of fused-ring (bicyclic) bond motifs is 3. The molecule has 10 heterocycles. The number of aliphatic hydroxyl groups is 5. The summed E-state index contributed by atoms with van der Waals surface area (Å²) in [6, 6.07) is 0.681. The van der Waals surface area contributed by atoms with Crippen LogP contribution < -0.4 is 16.0 Å². The summed E-state index contributed by atoms with van der Waals surface area (Å²) in [6.07, 6.45) is -2.46. The second-order valence-corrected chi connectivity index (χ2v) is 31.8. The van der Waals surface area contributed by atoms with Gasteiger partial charge in [0, 0.05) is 18.1 Å². The summed E-state index contributed by atoms with van der Waals surface area (Å²) in [7, 11) is -15.0. The molecule has 4 aliphatic heterocycles. The standard InChI is InChI=1S/C18H24ClFN5O7P.C18H26ClFN5O7P.C17H23ClF2N5O7P/c19-17-23-14(22-9-3-1-2-4-9)10-5-21-25(15(10)24-17)16-12(20)13(26)11(32-16)6-31-18(7-30-8-18)33(27,28)29;1-18(8-26,33(28,29)30)31-7-11-13(27)12(20)16(32-11)25-15-10(6-21-25)14(23-17(19)24-15)22-9-4-2-3-5-9;18-16-23-13(22-8-3-1-2-4-8)9-5-21-25(14(9)24-16)15-11(19)12(27)10(32-15)6-31-17(20,7-26)33(28,29)30/h5,9,11-13,16,26H,1-4,6-8H2,(H,22,23,24)(H2,27,28,29);6,9,11-13,16,26-27H,2-5,7-8H2,1H3,(H,22,23,24)(H2,28,29,30);5,8,10-12,15,26-27H,1-4,6-7H2,(H,22,23,24)(H2,28,29,30)/t11-,12+,13-,16-;11-,12+,13-,16-,18?;10-,11+,12-,15-,17?/m111/s1. The molecule has 99 heavy (non-hydrogen) atoms. The lowest BCUT2D eigenvalue weighted by molar-refractivity contribution is -0.189. The van der Waals surface area contributed by atoms with Gasteiger partial charge in [-0.05, 0) is 80.3 Å². The van der Waals surface area contributed by atoms with Gasteiger partial charge >= 0.3 is 28.4 Å². The van der Waals surface area contributed by atoms with E-state index in [0.29, 0.717) is 33.6 Å². The van der Waals surface area contributed by atoms with Gasteiger partial charge in [-0.3, -0.25) is 13.7 Å². The first kappa shape index (κ1) is 75.8. The maximum atomic E-state index is 15.0. The highest BCUT2D eigenvalue weighted by Gasteiger charge is 2.58. The van der Waals surface area contributed by atoms with Gasteiger partial charge in [-0.2, -0.15) is 49.6 Å². The predicted molar refractivity (Wildman–Crippen MR) is 337 cm³/mol. The highest BCUT2D eigenvalue weighted by Crippen LogP contribution is 2.56. The van der Waals surface area contributed by atoms with Gasteiger partial charge in [0.15, 0.2) is 59.5 Å². The van der Waals surface area contributed by atoms with Gasteiger partial charge in [-0.25, -0.2) is 27.2 Å². The number of nitrogens with one attached hydrogen (secondary N) is 3. The van der Waals surface area contributed by atoms with E-state index in [2.05, 4.69) is 65.9 Å². The van der Waals surface area contributed by atoms with Crippen LogP contribution in [0.25, 0.3) is 33.1 Å². The number of anilines is 3. The molecule has 3 aliphatic carbocycles. The Hall–Kier alpha value is -4.39. The number of aliphatic hydroxyl groups excluding tert-OH is 5. The summed E-state index contributed by atoms with van der Waals surface area (Å²) in [5.41, 5.74) is -3.16. The molecule has 14 N–H and O–H groups in total. The second kappa shape index (κ2) is 30.4. The second-order valence-electron chi connectivity index (χ2n) is 25.1. The van der Waals surface area contributed by atoms with E-state index in [4.69, 9.17) is 78.1 Å². The average molecular weight is 1530 g/mol. The lowest BCUT2D eigenvalue weighted by Crippen LogP contribution is -2.53.